The Hall–Kier alpha value is -4.10. The first-order valence-corrected chi connectivity index (χ1v) is 15.7. The van der Waals surface area contributed by atoms with Crippen LogP contribution < -0.4 is 15.0 Å². The van der Waals surface area contributed by atoms with Crippen molar-refractivity contribution in [1.29, 1.82) is 0 Å². The molecule has 0 aliphatic rings. The van der Waals surface area contributed by atoms with Gasteiger partial charge < -0.3 is 20.1 Å². The number of carbonyl (C=O) groups excluding carboxylic acids is 1. The third kappa shape index (κ3) is 8.94. The zero-order chi connectivity index (χ0) is 30.6. The predicted molar refractivity (Wildman–Crippen MR) is 177 cm³/mol. The van der Waals surface area contributed by atoms with Gasteiger partial charge in [0.2, 0.25) is 0 Å². The lowest BCUT2D eigenvalue weighted by atomic mass is 9.99. The minimum atomic E-state index is -1.08. The SMILES string of the molecule is CCCCN(CCCC)c1ccc(Br)cc1C(=O)NC(Cc1ccc(-c2ccccc2Oc2ccccc2)cc1)C(=O)O. The van der Waals surface area contributed by atoms with E-state index in [1.165, 1.54) is 0 Å². The first-order chi connectivity index (χ1) is 20.9. The molecule has 2 N–H and O–H groups in total. The van der Waals surface area contributed by atoms with E-state index in [9.17, 15) is 14.7 Å². The number of unbranched alkanes of at least 4 members (excludes halogenated alkanes) is 2. The fraction of sp³-hybridized carbons (Fsp3) is 0.278. The molecule has 224 valence electrons. The first kappa shape index (κ1) is 31.8. The van der Waals surface area contributed by atoms with Gasteiger partial charge in [0.25, 0.3) is 5.91 Å². The van der Waals surface area contributed by atoms with Crippen LogP contribution in [-0.4, -0.2) is 36.1 Å². The lowest BCUT2D eigenvalue weighted by molar-refractivity contribution is -0.139. The van der Waals surface area contributed by atoms with E-state index in [0.717, 1.165) is 77.1 Å². The van der Waals surface area contributed by atoms with Gasteiger partial charge in [-0.1, -0.05) is 103 Å². The van der Waals surface area contributed by atoms with Gasteiger partial charge in [0.1, 0.15) is 17.5 Å². The molecule has 4 aromatic rings. The number of aliphatic carboxylic acids is 1. The molecule has 43 heavy (non-hydrogen) atoms. The van der Waals surface area contributed by atoms with Crippen molar-refractivity contribution in [3.63, 3.8) is 0 Å². The average Bonchev–Trinajstić information content (AvgIpc) is 3.02. The molecule has 1 atom stereocenters. The third-order valence-electron chi connectivity index (χ3n) is 7.27. The summed E-state index contributed by atoms with van der Waals surface area (Å²) in [6.45, 7) is 5.97. The minimum Gasteiger partial charge on any atom is -0.480 e. The zero-order valence-corrected chi connectivity index (χ0v) is 26.3. The topological polar surface area (TPSA) is 78.9 Å². The molecule has 0 saturated heterocycles. The van der Waals surface area contributed by atoms with Crippen LogP contribution in [0.3, 0.4) is 0 Å². The molecule has 0 bridgehead atoms. The fourth-order valence-electron chi connectivity index (χ4n) is 4.92. The summed E-state index contributed by atoms with van der Waals surface area (Å²) in [5, 5.41) is 12.8. The Labute approximate surface area is 262 Å². The van der Waals surface area contributed by atoms with E-state index in [2.05, 4.69) is 40.0 Å². The summed E-state index contributed by atoms with van der Waals surface area (Å²) >= 11 is 3.49. The van der Waals surface area contributed by atoms with E-state index in [4.69, 9.17) is 4.74 Å². The zero-order valence-electron chi connectivity index (χ0n) is 24.8. The first-order valence-electron chi connectivity index (χ1n) is 14.9. The summed E-state index contributed by atoms with van der Waals surface area (Å²) in [6.07, 6.45) is 4.27. The van der Waals surface area contributed by atoms with Crippen molar-refractivity contribution in [3.05, 3.63) is 113 Å². The highest BCUT2D eigenvalue weighted by molar-refractivity contribution is 9.10. The fourth-order valence-corrected chi connectivity index (χ4v) is 5.28. The van der Waals surface area contributed by atoms with Crippen molar-refractivity contribution in [2.45, 2.75) is 52.0 Å². The molecule has 0 saturated carbocycles. The van der Waals surface area contributed by atoms with Crippen LogP contribution in [0.2, 0.25) is 0 Å². The number of halogens is 1. The molecular formula is C36H39BrN2O4. The largest absolute Gasteiger partial charge is 0.480 e. The van der Waals surface area contributed by atoms with Gasteiger partial charge in [0.15, 0.2) is 0 Å². The van der Waals surface area contributed by atoms with E-state index in [1.54, 1.807) is 6.07 Å². The van der Waals surface area contributed by atoms with Crippen LogP contribution in [0.5, 0.6) is 11.5 Å². The molecule has 1 amide bonds. The average molecular weight is 644 g/mol. The summed E-state index contributed by atoms with van der Waals surface area (Å²) in [5.41, 5.74) is 3.98. The molecule has 4 aromatic carbocycles. The number of ether oxygens (including phenoxy) is 1. The van der Waals surface area contributed by atoms with Gasteiger partial charge in [-0.2, -0.15) is 0 Å². The van der Waals surface area contributed by atoms with Crippen LogP contribution in [0, 0.1) is 0 Å². The van der Waals surface area contributed by atoms with Crippen molar-refractivity contribution in [1.82, 2.24) is 5.32 Å². The van der Waals surface area contributed by atoms with Crippen LogP contribution >= 0.6 is 15.9 Å². The normalized spacial score (nSPS) is 11.5. The summed E-state index contributed by atoms with van der Waals surface area (Å²) in [5.74, 6) is 0.00244. The molecule has 0 aliphatic carbocycles. The molecule has 0 fully saturated rings. The van der Waals surface area contributed by atoms with Gasteiger partial charge >= 0.3 is 5.97 Å². The number of benzene rings is 4. The van der Waals surface area contributed by atoms with Gasteiger partial charge in [-0.25, -0.2) is 4.79 Å². The monoisotopic (exact) mass is 642 g/mol. The van der Waals surface area contributed by atoms with Crippen LogP contribution in [0.1, 0.15) is 55.5 Å². The number of nitrogens with one attached hydrogen (secondary N) is 1. The number of hydrogen-bond acceptors (Lipinski definition) is 4. The van der Waals surface area contributed by atoms with Gasteiger partial charge in [0, 0.05) is 35.2 Å². The number of hydrogen-bond donors (Lipinski definition) is 2. The Morgan fingerprint density at radius 2 is 1.51 bits per heavy atom. The highest BCUT2D eigenvalue weighted by Gasteiger charge is 2.24. The van der Waals surface area contributed by atoms with Gasteiger partial charge in [0.05, 0.1) is 5.56 Å². The van der Waals surface area contributed by atoms with Crippen LogP contribution in [-0.2, 0) is 11.2 Å². The molecule has 0 spiro atoms. The lowest BCUT2D eigenvalue weighted by Crippen LogP contribution is -2.43. The number of amides is 1. The molecule has 6 nitrogen and oxygen atoms in total. The Bertz CT molecular complexity index is 1480. The molecule has 0 aliphatic heterocycles. The van der Waals surface area contributed by atoms with Crippen molar-refractivity contribution >= 4 is 33.5 Å². The molecular weight excluding hydrogens is 604 g/mol. The van der Waals surface area contributed by atoms with Crippen LogP contribution in [0.25, 0.3) is 11.1 Å². The van der Waals surface area contributed by atoms with Gasteiger partial charge in [-0.3, -0.25) is 4.79 Å². The Balaban J connectivity index is 1.51. The second kappa shape index (κ2) is 15.9. The minimum absolute atomic E-state index is 0.155. The maximum absolute atomic E-state index is 13.6. The molecule has 7 heteroatoms. The second-order valence-corrected chi connectivity index (χ2v) is 11.4. The molecule has 4 rings (SSSR count). The Morgan fingerprint density at radius 1 is 0.860 bits per heavy atom. The maximum Gasteiger partial charge on any atom is 0.326 e. The number of carboxylic acid groups (broad SMARTS) is 1. The third-order valence-corrected chi connectivity index (χ3v) is 7.77. The van der Waals surface area contributed by atoms with E-state index in [-0.39, 0.29) is 6.42 Å². The summed E-state index contributed by atoms with van der Waals surface area (Å²) in [4.78, 5) is 28.1. The number of para-hydroxylation sites is 2. The van der Waals surface area contributed by atoms with Gasteiger partial charge in [-0.05, 0) is 60.4 Å². The van der Waals surface area contributed by atoms with E-state index < -0.39 is 17.9 Å². The molecule has 0 heterocycles. The quantitative estimate of drug-likeness (QED) is 0.136. The predicted octanol–water partition coefficient (Wildman–Crippen LogP) is 8.74. The smallest absolute Gasteiger partial charge is 0.326 e. The maximum atomic E-state index is 13.6. The molecule has 0 aromatic heterocycles. The van der Waals surface area contributed by atoms with Crippen molar-refractivity contribution < 1.29 is 19.4 Å². The van der Waals surface area contributed by atoms with Crippen LogP contribution in [0.15, 0.2) is 102 Å². The Morgan fingerprint density at radius 3 is 2.16 bits per heavy atom. The van der Waals surface area contributed by atoms with E-state index in [1.807, 2.05) is 91.0 Å². The number of anilines is 1. The number of rotatable bonds is 15. The van der Waals surface area contributed by atoms with E-state index >= 15 is 0 Å². The van der Waals surface area contributed by atoms with Crippen molar-refractivity contribution in [2.24, 2.45) is 0 Å². The number of carboxylic acids is 1. The number of nitrogens with zero attached hydrogens (tertiary/aromatic N) is 1. The number of carbonyl (C=O) groups is 2. The summed E-state index contributed by atoms with van der Waals surface area (Å²) in [7, 11) is 0. The standard InChI is InChI=1S/C36H39BrN2O4/c1-3-5-22-39(23-6-4-2)33-21-20-28(37)25-31(33)35(40)38-32(36(41)42)24-26-16-18-27(19-17-26)30-14-10-11-15-34(30)43-29-12-8-7-9-13-29/h7-21,25,32H,3-6,22-24H2,1-2H3,(H,38,40)(H,41,42). The van der Waals surface area contributed by atoms with E-state index in [0.29, 0.717) is 5.56 Å². The lowest BCUT2D eigenvalue weighted by Gasteiger charge is -2.27. The van der Waals surface area contributed by atoms with Crippen molar-refractivity contribution in [2.75, 3.05) is 18.0 Å². The summed E-state index contributed by atoms with van der Waals surface area (Å²) in [6, 6.07) is 29.7. The summed E-state index contributed by atoms with van der Waals surface area (Å²) < 4.78 is 6.89. The highest BCUT2D eigenvalue weighted by atomic mass is 79.9. The van der Waals surface area contributed by atoms with Crippen LogP contribution in [0.4, 0.5) is 5.69 Å². The Kier molecular flexibility index (Phi) is 11.8. The highest BCUT2D eigenvalue weighted by Crippen LogP contribution is 2.33. The molecule has 0 radical (unpaired) electrons. The van der Waals surface area contributed by atoms with Crippen molar-refractivity contribution in [3.8, 4) is 22.6 Å². The second-order valence-electron chi connectivity index (χ2n) is 10.5. The van der Waals surface area contributed by atoms with Gasteiger partial charge in [-0.15, -0.1) is 0 Å². The molecule has 1 unspecified atom stereocenters.